The van der Waals surface area contributed by atoms with E-state index in [1.54, 1.807) is 0 Å². The Bertz CT molecular complexity index is 518. The molecule has 3 heteroatoms. The van der Waals surface area contributed by atoms with Gasteiger partial charge in [-0.15, -0.1) is 0 Å². The summed E-state index contributed by atoms with van der Waals surface area (Å²) < 4.78 is 0. The maximum atomic E-state index is 4.19. The molecule has 3 rings (SSSR count). The molecule has 1 aromatic carbocycles. The first-order valence-corrected chi connectivity index (χ1v) is 6.16. The highest BCUT2D eigenvalue weighted by atomic mass is 15.2. The van der Waals surface area contributed by atoms with E-state index in [1.165, 1.54) is 16.5 Å². The second-order valence-electron chi connectivity index (χ2n) is 4.62. The number of nitrogens with one attached hydrogen (secondary N) is 1. The summed E-state index contributed by atoms with van der Waals surface area (Å²) in [6.45, 7) is 5.46. The molecule has 0 spiro atoms. The molecule has 1 fully saturated rings. The highest BCUT2D eigenvalue weighted by Crippen LogP contribution is 2.27. The smallest absolute Gasteiger partial charge is 0.0450 e. The number of hydrogen-bond donors (Lipinski definition) is 1. The predicted octanol–water partition coefficient (Wildman–Crippen LogP) is 2.03. The monoisotopic (exact) mass is 227 g/mol. The van der Waals surface area contributed by atoms with Crippen molar-refractivity contribution in [3.05, 3.63) is 36.7 Å². The number of rotatable bonds is 1. The molecule has 1 saturated heterocycles. The van der Waals surface area contributed by atoms with Gasteiger partial charge >= 0.3 is 0 Å². The van der Waals surface area contributed by atoms with Crippen LogP contribution in [0.1, 0.15) is 6.92 Å². The Morgan fingerprint density at radius 2 is 2.29 bits per heavy atom. The number of nitrogens with zero attached hydrogens (tertiary/aromatic N) is 2. The number of pyridine rings is 1. The average Bonchev–Trinajstić information content (AvgIpc) is 2.39. The fourth-order valence-corrected chi connectivity index (χ4v) is 2.55. The molecule has 1 aliphatic heterocycles. The largest absolute Gasteiger partial charge is 0.366 e. The Hall–Kier alpha value is -1.61. The van der Waals surface area contributed by atoms with Crippen LogP contribution in [-0.2, 0) is 0 Å². The molecule has 0 radical (unpaired) electrons. The van der Waals surface area contributed by atoms with Crippen LogP contribution in [0.3, 0.4) is 0 Å². The van der Waals surface area contributed by atoms with Gasteiger partial charge < -0.3 is 10.2 Å². The number of piperazine rings is 1. The number of benzene rings is 1. The van der Waals surface area contributed by atoms with Gasteiger partial charge in [-0.2, -0.15) is 0 Å². The van der Waals surface area contributed by atoms with Crippen LogP contribution in [0.15, 0.2) is 36.7 Å². The molecule has 0 bridgehead atoms. The van der Waals surface area contributed by atoms with Crippen molar-refractivity contribution in [2.75, 3.05) is 24.5 Å². The summed E-state index contributed by atoms with van der Waals surface area (Å²) in [6, 6.07) is 9.11. The molecule has 88 valence electrons. The molecule has 1 aromatic heterocycles. The molecule has 1 N–H and O–H groups in total. The van der Waals surface area contributed by atoms with Crippen LogP contribution in [0.25, 0.3) is 10.8 Å². The number of anilines is 1. The standard InChI is InChI=1S/C14H17N3/c1-11-9-16-7-8-17(11)14-4-2-3-12-10-15-6-5-13(12)14/h2-6,10-11,16H,7-9H2,1H3/t11-/m1/s1. The van der Waals surface area contributed by atoms with Crippen molar-refractivity contribution in [2.24, 2.45) is 0 Å². The third-order valence-corrected chi connectivity index (χ3v) is 3.47. The van der Waals surface area contributed by atoms with Crippen molar-refractivity contribution < 1.29 is 0 Å². The Balaban J connectivity index is 2.10. The van der Waals surface area contributed by atoms with E-state index in [9.17, 15) is 0 Å². The van der Waals surface area contributed by atoms with E-state index >= 15 is 0 Å². The first-order valence-electron chi connectivity index (χ1n) is 6.16. The Morgan fingerprint density at radius 1 is 1.35 bits per heavy atom. The van der Waals surface area contributed by atoms with Crippen LogP contribution in [0.5, 0.6) is 0 Å². The van der Waals surface area contributed by atoms with E-state index in [4.69, 9.17) is 0 Å². The van der Waals surface area contributed by atoms with Crippen LogP contribution < -0.4 is 10.2 Å². The van der Waals surface area contributed by atoms with Gasteiger partial charge in [-0.1, -0.05) is 12.1 Å². The lowest BCUT2D eigenvalue weighted by atomic mass is 10.1. The first-order chi connectivity index (χ1) is 8.36. The minimum atomic E-state index is 0.544. The summed E-state index contributed by atoms with van der Waals surface area (Å²) in [5, 5.41) is 5.95. The summed E-state index contributed by atoms with van der Waals surface area (Å²) in [6.07, 6.45) is 3.81. The zero-order chi connectivity index (χ0) is 11.7. The molecule has 0 amide bonds. The highest BCUT2D eigenvalue weighted by Gasteiger charge is 2.19. The molecule has 17 heavy (non-hydrogen) atoms. The average molecular weight is 227 g/mol. The molecular formula is C14H17N3. The van der Waals surface area contributed by atoms with Crippen LogP contribution in [0.4, 0.5) is 5.69 Å². The Labute approximate surface area is 101 Å². The second kappa shape index (κ2) is 4.34. The highest BCUT2D eigenvalue weighted by molar-refractivity contribution is 5.93. The van der Waals surface area contributed by atoms with Gasteiger partial charge in [0, 0.05) is 54.5 Å². The van der Waals surface area contributed by atoms with E-state index in [1.807, 2.05) is 12.4 Å². The topological polar surface area (TPSA) is 28.2 Å². The number of hydrogen-bond acceptors (Lipinski definition) is 3. The first kappa shape index (κ1) is 10.5. The summed E-state index contributed by atoms with van der Waals surface area (Å²) in [7, 11) is 0. The van der Waals surface area contributed by atoms with Crippen molar-refractivity contribution in [3.63, 3.8) is 0 Å². The molecule has 0 unspecified atom stereocenters. The molecule has 1 aliphatic rings. The van der Waals surface area contributed by atoms with Crippen LogP contribution in [0, 0.1) is 0 Å². The van der Waals surface area contributed by atoms with E-state index in [0.29, 0.717) is 6.04 Å². The zero-order valence-electron chi connectivity index (χ0n) is 10.1. The van der Waals surface area contributed by atoms with Gasteiger partial charge in [0.25, 0.3) is 0 Å². The molecular weight excluding hydrogens is 210 g/mol. The minimum absolute atomic E-state index is 0.544. The Morgan fingerprint density at radius 3 is 3.18 bits per heavy atom. The lowest BCUT2D eigenvalue weighted by Crippen LogP contribution is -2.50. The molecule has 0 saturated carbocycles. The third-order valence-electron chi connectivity index (χ3n) is 3.47. The summed E-state index contributed by atoms with van der Waals surface area (Å²) >= 11 is 0. The number of fused-ring (bicyclic) bond motifs is 1. The lowest BCUT2D eigenvalue weighted by molar-refractivity contribution is 0.502. The van der Waals surface area contributed by atoms with Gasteiger partial charge in [0.15, 0.2) is 0 Å². The predicted molar refractivity (Wildman–Crippen MR) is 71.4 cm³/mol. The second-order valence-corrected chi connectivity index (χ2v) is 4.62. The molecule has 1 atom stereocenters. The van der Waals surface area contributed by atoms with Crippen molar-refractivity contribution in [1.82, 2.24) is 10.3 Å². The summed E-state index contributed by atoms with van der Waals surface area (Å²) in [5.41, 5.74) is 1.33. The van der Waals surface area contributed by atoms with E-state index in [0.717, 1.165) is 19.6 Å². The van der Waals surface area contributed by atoms with Crippen molar-refractivity contribution in [1.29, 1.82) is 0 Å². The van der Waals surface area contributed by atoms with Gasteiger partial charge in [0.2, 0.25) is 0 Å². The van der Waals surface area contributed by atoms with Crippen molar-refractivity contribution in [3.8, 4) is 0 Å². The summed E-state index contributed by atoms with van der Waals surface area (Å²) in [4.78, 5) is 6.67. The van der Waals surface area contributed by atoms with E-state index < -0.39 is 0 Å². The quantitative estimate of drug-likeness (QED) is 0.808. The van der Waals surface area contributed by atoms with Gasteiger partial charge in [-0.3, -0.25) is 4.98 Å². The maximum absolute atomic E-state index is 4.19. The zero-order valence-corrected chi connectivity index (χ0v) is 10.1. The van der Waals surface area contributed by atoms with E-state index in [2.05, 4.69) is 46.4 Å². The van der Waals surface area contributed by atoms with Gasteiger partial charge in [0.1, 0.15) is 0 Å². The lowest BCUT2D eigenvalue weighted by Gasteiger charge is -2.36. The number of aromatic nitrogens is 1. The van der Waals surface area contributed by atoms with Gasteiger partial charge in [0.05, 0.1) is 0 Å². The summed E-state index contributed by atoms with van der Waals surface area (Å²) in [5.74, 6) is 0. The third kappa shape index (κ3) is 1.87. The van der Waals surface area contributed by atoms with Crippen molar-refractivity contribution >= 4 is 16.5 Å². The van der Waals surface area contributed by atoms with E-state index in [-0.39, 0.29) is 0 Å². The normalized spacial score (nSPS) is 20.8. The molecule has 2 heterocycles. The van der Waals surface area contributed by atoms with Crippen LogP contribution in [-0.4, -0.2) is 30.7 Å². The fraction of sp³-hybridized carbons (Fsp3) is 0.357. The molecule has 2 aromatic rings. The molecule has 3 nitrogen and oxygen atoms in total. The fourth-order valence-electron chi connectivity index (χ4n) is 2.55. The van der Waals surface area contributed by atoms with Crippen LogP contribution >= 0.6 is 0 Å². The van der Waals surface area contributed by atoms with Gasteiger partial charge in [-0.05, 0) is 19.1 Å². The minimum Gasteiger partial charge on any atom is -0.366 e. The molecule has 0 aliphatic carbocycles. The maximum Gasteiger partial charge on any atom is 0.0450 e. The Kier molecular flexibility index (Phi) is 2.69. The SMILES string of the molecule is C[C@@H]1CNCCN1c1cccc2cnccc12. The van der Waals surface area contributed by atoms with Gasteiger partial charge in [-0.25, -0.2) is 0 Å². The van der Waals surface area contributed by atoms with Crippen molar-refractivity contribution in [2.45, 2.75) is 13.0 Å². The van der Waals surface area contributed by atoms with Crippen LogP contribution in [0.2, 0.25) is 0 Å².